The topological polar surface area (TPSA) is 70.3 Å². The van der Waals surface area contributed by atoms with E-state index in [1.807, 2.05) is 42.6 Å². The highest BCUT2D eigenvalue weighted by molar-refractivity contribution is 6.32. The van der Waals surface area contributed by atoms with Crippen molar-refractivity contribution in [3.63, 3.8) is 0 Å². The van der Waals surface area contributed by atoms with Crippen molar-refractivity contribution in [1.82, 2.24) is 10.3 Å². The zero-order valence-corrected chi connectivity index (χ0v) is 14.7. The number of nitrogens with one attached hydrogen (secondary N) is 1. The Morgan fingerprint density at radius 2 is 2.00 bits per heavy atom. The third kappa shape index (κ3) is 6.82. The quantitative estimate of drug-likeness (QED) is 0.240. The molecular weight excluding hydrogens is 336 g/mol. The van der Waals surface area contributed by atoms with Crippen LogP contribution in [-0.2, 0) is 0 Å². The molecule has 0 saturated heterocycles. The van der Waals surface area contributed by atoms with E-state index < -0.39 is 0 Å². The molecule has 1 heterocycles. The van der Waals surface area contributed by atoms with Crippen molar-refractivity contribution in [2.75, 3.05) is 13.2 Å². The molecular formula is C19H21ClN4O. The van der Waals surface area contributed by atoms with Crippen molar-refractivity contribution in [3.8, 4) is 11.9 Å². The van der Waals surface area contributed by atoms with Crippen LogP contribution in [0.4, 0.5) is 0 Å². The number of nitrogens with zero attached hydrogens (tertiary/aromatic N) is 3. The molecule has 0 amide bonds. The lowest BCUT2D eigenvalue weighted by atomic mass is 10.2. The van der Waals surface area contributed by atoms with Crippen molar-refractivity contribution in [2.45, 2.75) is 25.7 Å². The Morgan fingerprint density at radius 3 is 2.76 bits per heavy atom. The van der Waals surface area contributed by atoms with E-state index in [-0.39, 0.29) is 0 Å². The summed E-state index contributed by atoms with van der Waals surface area (Å²) in [5, 5.41) is 12.1. The van der Waals surface area contributed by atoms with Crippen LogP contribution >= 0.6 is 11.6 Å². The van der Waals surface area contributed by atoms with E-state index in [2.05, 4.69) is 15.3 Å². The number of ether oxygens (including phenoxy) is 1. The standard InChI is InChI=1S/C19H21ClN4O/c20-17-9-3-4-10-18(17)25-13-6-2-1-5-12-23-19(24-15-21)16-8-7-11-22-14-16/h3-4,7-11,14H,1-2,5-6,12-13H2,(H,23,24). The second kappa shape index (κ2) is 11.1. The zero-order chi connectivity index (χ0) is 17.7. The number of rotatable bonds is 9. The molecule has 0 fully saturated rings. The van der Waals surface area contributed by atoms with E-state index >= 15 is 0 Å². The van der Waals surface area contributed by atoms with Crippen LogP contribution in [0.1, 0.15) is 31.2 Å². The summed E-state index contributed by atoms with van der Waals surface area (Å²) in [6, 6.07) is 11.2. The van der Waals surface area contributed by atoms with Crippen molar-refractivity contribution in [1.29, 1.82) is 5.26 Å². The Kier molecular flexibility index (Phi) is 8.30. The summed E-state index contributed by atoms with van der Waals surface area (Å²) in [7, 11) is 0. The van der Waals surface area contributed by atoms with Crippen LogP contribution < -0.4 is 10.1 Å². The van der Waals surface area contributed by atoms with Gasteiger partial charge in [-0.1, -0.05) is 30.2 Å². The lowest BCUT2D eigenvalue weighted by Crippen LogP contribution is -2.19. The molecule has 0 saturated carbocycles. The number of para-hydroxylation sites is 1. The first-order valence-electron chi connectivity index (χ1n) is 8.28. The van der Waals surface area contributed by atoms with Gasteiger partial charge in [-0.25, -0.2) is 0 Å². The molecule has 2 aromatic rings. The Morgan fingerprint density at radius 1 is 1.16 bits per heavy atom. The maximum Gasteiger partial charge on any atom is 0.182 e. The van der Waals surface area contributed by atoms with E-state index in [0.29, 0.717) is 24.0 Å². The number of unbranched alkanes of at least 4 members (excludes halogenated alkanes) is 3. The number of aliphatic imine (C=N–C) groups is 1. The molecule has 2 rings (SSSR count). The van der Waals surface area contributed by atoms with E-state index in [9.17, 15) is 0 Å². The SMILES string of the molecule is N#CNC(=NCCCCCCOc1ccccc1Cl)c1cccnc1. The number of aromatic nitrogens is 1. The van der Waals surface area contributed by atoms with Gasteiger partial charge in [0.2, 0.25) is 0 Å². The number of amidine groups is 1. The molecule has 0 radical (unpaired) electrons. The summed E-state index contributed by atoms with van der Waals surface area (Å²) in [4.78, 5) is 8.50. The second-order valence-corrected chi connectivity index (χ2v) is 5.81. The van der Waals surface area contributed by atoms with Crippen LogP contribution in [0.15, 0.2) is 53.8 Å². The zero-order valence-electron chi connectivity index (χ0n) is 14.0. The molecule has 0 bridgehead atoms. The second-order valence-electron chi connectivity index (χ2n) is 5.40. The monoisotopic (exact) mass is 356 g/mol. The van der Waals surface area contributed by atoms with Gasteiger partial charge >= 0.3 is 0 Å². The molecule has 1 aromatic heterocycles. The first-order valence-corrected chi connectivity index (χ1v) is 8.66. The maximum atomic E-state index is 8.83. The van der Waals surface area contributed by atoms with Crippen molar-refractivity contribution in [3.05, 3.63) is 59.4 Å². The lowest BCUT2D eigenvalue weighted by Gasteiger charge is -2.07. The normalized spacial score (nSPS) is 11.0. The fourth-order valence-corrected chi connectivity index (χ4v) is 2.45. The summed E-state index contributed by atoms with van der Waals surface area (Å²) < 4.78 is 5.66. The van der Waals surface area contributed by atoms with E-state index in [1.165, 1.54) is 0 Å². The highest BCUT2D eigenvalue weighted by Gasteiger charge is 2.02. The molecule has 1 aromatic carbocycles. The van der Waals surface area contributed by atoms with E-state index in [4.69, 9.17) is 21.6 Å². The molecule has 6 heteroatoms. The largest absolute Gasteiger partial charge is 0.492 e. The van der Waals surface area contributed by atoms with Crippen molar-refractivity contribution >= 4 is 17.4 Å². The predicted octanol–water partition coefficient (Wildman–Crippen LogP) is 4.19. The highest BCUT2D eigenvalue weighted by atomic mass is 35.5. The summed E-state index contributed by atoms with van der Waals surface area (Å²) in [5.41, 5.74) is 0.817. The number of pyridine rings is 1. The summed E-state index contributed by atoms with van der Waals surface area (Å²) in [6.07, 6.45) is 9.36. The van der Waals surface area contributed by atoms with Gasteiger partial charge in [-0.05, 0) is 43.5 Å². The molecule has 0 unspecified atom stereocenters. The van der Waals surface area contributed by atoms with Crippen LogP contribution in [0.2, 0.25) is 5.02 Å². The average Bonchev–Trinajstić information content (AvgIpc) is 2.65. The minimum Gasteiger partial charge on any atom is -0.492 e. The molecule has 0 spiro atoms. The van der Waals surface area contributed by atoms with Gasteiger partial charge in [-0.2, -0.15) is 5.26 Å². The van der Waals surface area contributed by atoms with Crippen LogP contribution in [-0.4, -0.2) is 24.0 Å². The third-order valence-corrected chi connectivity index (χ3v) is 3.84. The minimum atomic E-state index is 0.567. The minimum absolute atomic E-state index is 0.567. The number of hydrogen-bond donors (Lipinski definition) is 1. The smallest absolute Gasteiger partial charge is 0.182 e. The van der Waals surface area contributed by atoms with Crippen LogP contribution in [0, 0.1) is 11.5 Å². The van der Waals surface area contributed by atoms with Gasteiger partial charge in [0, 0.05) is 24.5 Å². The van der Waals surface area contributed by atoms with Gasteiger partial charge in [0.15, 0.2) is 6.19 Å². The molecule has 0 atom stereocenters. The molecule has 130 valence electrons. The van der Waals surface area contributed by atoms with E-state index in [1.54, 1.807) is 12.4 Å². The molecule has 0 aliphatic rings. The van der Waals surface area contributed by atoms with E-state index in [0.717, 1.165) is 37.0 Å². The summed E-state index contributed by atoms with van der Waals surface area (Å²) in [6.45, 7) is 1.33. The maximum absolute atomic E-state index is 8.83. The van der Waals surface area contributed by atoms with Crippen LogP contribution in [0.25, 0.3) is 0 Å². The number of benzene rings is 1. The molecule has 1 N–H and O–H groups in total. The Balaban J connectivity index is 1.63. The van der Waals surface area contributed by atoms with Gasteiger partial charge in [-0.3, -0.25) is 15.3 Å². The van der Waals surface area contributed by atoms with Gasteiger partial charge in [0.05, 0.1) is 11.6 Å². The van der Waals surface area contributed by atoms with Gasteiger partial charge < -0.3 is 4.74 Å². The number of nitriles is 1. The highest BCUT2D eigenvalue weighted by Crippen LogP contribution is 2.23. The van der Waals surface area contributed by atoms with Gasteiger partial charge in [-0.15, -0.1) is 0 Å². The first-order chi connectivity index (χ1) is 12.3. The lowest BCUT2D eigenvalue weighted by molar-refractivity contribution is 0.305. The fourth-order valence-electron chi connectivity index (χ4n) is 2.26. The van der Waals surface area contributed by atoms with Crippen LogP contribution in [0.5, 0.6) is 5.75 Å². The number of hydrogen-bond acceptors (Lipinski definition) is 4. The first kappa shape index (κ1) is 18.8. The molecule has 25 heavy (non-hydrogen) atoms. The van der Waals surface area contributed by atoms with Crippen molar-refractivity contribution in [2.24, 2.45) is 4.99 Å². The van der Waals surface area contributed by atoms with Gasteiger partial charge in [0.25, 0.3) is 0 Å². The Hall–Kier alpha value is -2.58. The Labute approximate surface area is 153 Å². The third-order valence-electron chi connectivity index (χ3n) is 3.53. The molecule has 5 nitrogen and oxygen atoms in total. The van der Waals surface area contributed by atoms with Crippen LogP contribution in [0.3, 0.4) is 0 Å². The fraction of sp³-hybridized carbons (Fsp3) is 0.316. The molecule has 0 aliphatic carbocycles. The predicted molar refractivity (Wildman–Crippen MR) is 99.8 cm³/mol. The number of halogens is 1. The molecule has 0 aliphatic heterocycles. The Bertz CT molecular complexity index is 713. The van der Waals surface area contributed by atoms with Crippen molar-refractivity contribution < 1.29 is 4.74 Å². The summed E-state index contributed by atoms with van der Waals surface area (Å²) in [5.74, 6) is 1.30. The van der Waals surface area contributed by atoms with Gasteiger partial charge in [0.1, 0.15) is 11.6 Å². The average molecular weight is 357 g/mol. The summed E-state index contributed by atoms with van der Waals surface area (Å²) >= 11 is 6.04.